The van der Waals surface area contributed by atoms with E-state index in [-0.39, 0.29) is 23.7 Å². The quantitative estimate of drug-likeness (QED) is 0.653. The standard InChI is InChI=1S/C11H18N4O3/c1-2-3-9-6-8(4-5-18-9)14-11(12)10(7-13-14)15(16)17/h7-9H,2-6,12H2,1H3. The Bertz CT molecular complexity index is 430. The van der Waals surface area contributed by atoms with Gasteiger partial charge in [0.25, 0.3) is 0 Å². The van der Waals surface area contributed by atoms with E-state index in [1.807, 2.05) is 0 Å². The molecule has 1 saturated heterocycles. The molecule has 0 aromatic carbocycles. The molecule has 2 atom stereocenters. The minimum atomic E-state index is -0.498. The molecule has 1 aromatic heterocycles. The molecule has 7 heteroatoms. The highest BCUT2D eigenvalue weighted by Crippen LogP contribution is 2.31. The smallest absolute Gasteiger partial charge is 0.330 e. The molecular formula is C11H18N4O3. The number of aromatic nitrogens is 2. The van der Waals surface area contributed by atoms with Crippen LogP contribution in [0, 0.1) is 10.1 Å². The first-order valence-corrected chi connectivity index (χ1v) is 6.22. The summed E-state index contributed by atoms with van der Waals surface area (Å²) in [6, 6.07) is 0.101. The minimum Gasteiger partial charge on any atom is -0.378 e. The van der Waals surface area contributed by atoms with Gasteiger partial charge in [0, 0.05) is 6.61 Å². The topological polar surface area (TPSA) is 96.2 Å². The molecule has 100 valence electrons. The molecule has 7 nitrogen and oxygen atoms in total. The lowest BCUT2D eigenvalue weighted by Gasteiger charge is -2.29. The van der Waals surface area contributed by atoms with Gasteiger partial charge in [-0.3, -0.25) is 10.1 Å². The van der Waals surface area contributed by atoms with Crippen molar-refractivity contribution in [2.75, 3.05) is 12.3 Å². The number of nitrogen functional groups attached to an aromatic ring is 1. The summed E-state index contributed by atoms with van der Waals surface area (Å²) < 4.78 is 7.22. The molecule has 1 fully saturated rings. The SMILES string of the molecule is CCCC1CC(n2ncc([N+](=O)[O-])c2N)CCO1. The lowest BCUT2D eigenvalue weighted by Crippen LogP contribution is -2.28. The monoisotopic (exact) mass is 254 g/mol. The van der Waals surface area contributed by atoms with Gasteiger partial charge < -0.3 is 10.5 Å². The van der Waals surface area contributed by atoms with Crippen LogP contribution in [0.1, 0.15) is 38.6 Å². The zero-order valence-corrected chi connectivity index (χ0v) is 10.4. The number of nitrogens with zero attached hydrogens (tertiary/aromatic N) is 3. The Labute approximate surface area is 105 Å². The molecule has 0 radical (unpaired) electrons. The molecule has 0 bridgehead atoms. The van der Waals surface area contributed by atoms with Crippen LogP contribution in [0.4, 0.5) is 11.5 Å². The average molecular weight is 254 g/mol. The van der Waals surface area contributed by atoms with Crippen molar-refractivity contribution in [3.8, 4) is 0 Å². The Morgan fingerprint density at radius 3 is 3.11 bits per heavy atom. The van der Waals surface area contributed by atoms with Crippen LogP contribution in [0.2, 0.25) is 0 Å². The first-order valence-electron chi connectivity index (χ1n) is 6.22. The molecule has 2 heterocycles. The highest BCUT2D eigenvalue weighted by atomic mass is 16.6. The molecule has 0 aliphatic carbocycles. The van der Waals surface area contributed by atoms with E-state index in [1.54, 1.807) is 4.68 Å². The van der Waals surface area contributed by atoms with Gasteiger partial charge in [0.2, 0.25) is 5.82 Å². The van der Waals surface area contributed by atoms with Crippen molar-refractivity contribution in [3.05, 3.63) is 16.3 Å². The summed E-state index contributed by atoms with van der Waals surface area (Å²) in [6.45, 7) is 2.77. The second-order valence-electron chi connectivity index (χ2n) is 4.58. The van der Waals surface area contributed by atoms with Crippen LogP contribution in [-0.4, -0.2) is 27.4 Å². The van der Waals surface area contributed by atoms with Gasteiger partial charge in [-0.25, -0.2) is 4.68 Å². The van der Waals surface area contributed by atoms with E-state index in [1.165, 1.54) is 6.20 Å². The van der Waals surface area contributed by atoms with Crippen molar-refractivity contribution in [1.82, 2.24) is 9.78 Å². The van der Waals surface area contributed by atoms with Gasteiger partial charge in [-0.1, -0.05) is 13.3 Å². The Balaban J connectivity index is 2.13. The number of rotatable bonds is 4. The van der Waals surface area contributed by atoms with Crippen LogP contribution in [0.25, 0.3) is 0 Å². The minimum absolute atomic E-state index is 0.101. The summed E-state index contributed by atoms with van der Waals surface area (Å²) >= 11 is 0. The van der Waals surface area contributed by atoms with Crippen molar-refractivity contribution in [1.29, 1.82) is 0 Å². The van der Waals surface area contributed by atoms with Gasteiger partial charge in [-0.2, -0.15) is 5.10 Å². The maximum absolute atomic E-state index is 10.7. The fraction of sp³-hybridized carbons (Fsp3) is 0.727. The second kappa shape index (κ2) is 5.34. The van der Waals surface area contributed by atoms with E-state index in [2.05, 4.69) is 12.0 Å². The number of ether oxygens (including phenoxy) is 1. The molecule has 1 aromatic rings. The number of hydrogen-bond donors (Lipinski definition) is 1. The maximum atomic E-state index is 10.7. The van der Waals surface area contributed by atoms with Crippen LogP contribution < -0.4 is 5.73 Å². The summed E-state index contributed by atoms with van der Waals surface area (Å²) in [7, 11) is 0. The molecule has 0 amide bonds. The molecule has 0 spiro atoms. The normalized spacial score (nSPS) is 24.1. The van der Waals surface area contributed by atoms with E-state index < -0.39 is 4.92 Å². The predicted octanol–water partition coefficient (Wildman–Crippen LogP) is 1.89. The van der Waals surface area contributed by atoms with Crippen LogP contribution in [-0.2, 0) is 4.74 Å². The fourth-order valence-electron chi connectivity index (χ4n) is 2.40. The molecule has 18 heavy (non-hydrogen) atoms. The lowest BCUT2D eigenvalue weighted by atomic mass is 10.0. The van der Waals surface area contributed by atoms with Crippen molar-refractivity contribution in [2.45, 2.75) is 44.8 Å². The van der Waals surface area contributed by atoms with Crippen LogP contribution in [0.5, 0.6) is 0 Å². The molecular weight excluding hydrogens is 236 g/mol. The first kappa shape index (κ1) is 12.8. The second-order valence-corrected chi connectivity index (χ2v) is 4.58. The van der Waals surface area contributed by atoms with Gasteiger partial charge in [-0.15, -0.1) is 0 Å². The Morgan fingerprint density at radius 2 is 2.50 bits per heavy atom. The van der Waals surface area contributed by atoms with E-state index in [0.29, 0.717) is 6.61 Å². The molecule has 2 rings (SSSR count). The number of hydrogen-bond acceptors (Lipinski definition) is 5. The molecule has 2 unspecified atom stereocenters. The third-order valence-electron chi connectivity index (χ3n) is 3.31. The lowest BCUT2D eigenvalue weighted by molar-refractivity contribution is -0.384. The van der Waals surface area contributed by atoms with E-state index >= 15 is 0 Å². The highest BCUT2D eigenvalue weighted by Gasteiger charge is 2.28. The van der Waals surface area contributed by atoms with Crippen molar-refractivity contribution < 1.29 is 9.66 Å². The number of nitro groups is 1. The van der Waals surface area contributed by atoms with Crippen LogP contribution in [0.3, 0.4) is 0 Å². The molecule has 0 saturated carbocycles. The summed E-state index contributed by atoms with van der Waals surface area (Å²) in [4.78, 5) is 10.2. The Hall–Kier alpha value is -1.63. The number of nitrogens with two attached hydrogens (primary N) is 1. The third kappa shape index (κ3) is 2.45. The maximum Gasteiger partial charge on any atom is 0.330 e. The van der Waals surface area contributed by atoms with Gasteiger partial charge in [-0.05, 0) is 19.3 Å². The zero-order chi connectivity index (χ0) is 13.1. The predicted molar refractivity (Wildman–Crippen MR) is 66.2 cm³/mol. The summed E-state index contributed by atoms with van der Waals surface area (Å²) in [5, 5.41) is 14.8. The van der Waals surface area contributed by atoms with E-state index in [0.717, 1.165) is 25.7 Å². The highest BCUT2D eigenvalue weighted by molar-refractivity contribution is 5.51. The van der Waals surface area contributed by atoms with Crippen molar-refractivity contribution >= 4 is 11.5 Å². The molecule has 2 N–H and O–H groups in total. The Kier molecular flexibility index (Phi) is 3.81. The average Bonchev–Trinajstić information content (AvgIpc) is 2.72. The van der Waals surface area contributed by atoms with Gasteiger partial charge in [0.15, 0.2) is 0 Å². The van der Waals surface area contributed by atoms with Crippen molar-refractivity contribution in [2.24, 2.45) is 0 Å². The fourth-order valence-corrected chi connectivity index (χ4v) is 2.40. The number of anilines is 1. The third-order valence-corrected chi connectivity index (χ3v) is 3.31. The molecule has 1 aliphatic heterocycles. The van der Waals surface area contributed by atoms with E-state index in [4.69, 9.17) is 10.5 Å². The first-order chi connectivity index (χ1) is 8.63. The van der Waals surface area contributed by atoms with Crippen LogP contribution in [0.15, 0.2) is 6.20 Å². The van der Waals surface area contributed by atoms with Gasteiger partial charge >= 0.3 is 5.69 Å². The zero-order valence-electron chi connectivity index (χ0n) is 10.4. The summed E-state index contributed by atoms with van der Waals surface area (Å²) in [6.07, 6.45) is 5.10. The van der Waals surface area contributed by atoms with Gasteiger partial charge in [0.05, 0.1) is 17.1 Å². The molecule has 1 aliphatic rings. The van der Waals surface area contributed by atoms with E-state index in [9.17, 15) is 10.1 Å². The Morgan fingerprint density at radius 1 is 1.72 bits per heavy atom. The van der Waals surface area contributed by atoms with Crippen molar-refractivity contribution in [3.63, 3.8) is 0 Å². The largest absolute Gasteiger partial charge is 0.378 e. The van der Waals surface area contributed by atoms with Crippen LogP contribution >= 0.6 is 0 Å². The summed E-state index contributed by atoms with van der Waals surface area (Å²) in [5.41, 5.74) is 5.66. The summed E-state index contributed by atoms with van der Waals surface area (Å²) in [5.74, 6) is 0.141. The van der Waals surface area contributed by atoms with Gasteiger partial charge in [0.1, 0.15) is 6.20 Å².